The van der Waals surface area contributed by atoms with Crippen molar-refractivity contribution in [2.75, 3.05) is 5.32 Å². The maximum absolute atomic E-state index is 12.5. The van der Waals surface area contributed by atoms with Crippen molar-refractivity contribution in [3.05, 3.63) is 84.3 Å². The van der Waals surface area contributed by atoms with E-state index in [1.165, 1.54) is 6.33 Å². The highest BCUT2D eigenvalue weighted by atomic mass is 16.1. The third-order valence-corrected chi connectivity index (χ3v) is 4.51. The number of nitrogens with one attached hydrogen (secondary N) is 2. The number of hydrogen-bond acceptors (Lipinski definition) is 7. The minimum absolute atomic E-state index is 0.158. The lowest BCUT2D eigenvalue weighted by atomic mass is 10.2. The van der Waals surface area contributed by atoms with Crippen LogP contribution in [0, 0.1) is 0 Å². The Bertz CT molecular complexity index is 1130. The lowest BCUT2D eigenvalue weighted by Gasteiger charge is -2.09. The molecule has 3 aromatic heterocycles. The number of nitrogens with zero attached hydrogens (tertiary/aromatic N) is 6. The molecule has 3 heterocycles. The second kappa shape index (κ2) is 8.91. The summed E-state index contributed by atoms with van der Waals surface area (Å²) in [6, 6.07) is 14.7. The standard InChI is InChI=1S/C21H20N8O/c1-29-19(27-28-20(29)18-8-10-22-14-26-18)13-24-16-7-4-5-15(11-16)21(30)25-12-17-6-2-3-9-23-17/h2-11,14,24H,12-13H2,1H3,(H,25,30). The van der Waals surface area contributed by atoms with Crippen LogP contribution in [0.15, 0.2) is 67.3 Å². The molecular formula is C21H20N8O. The van der Waals surface area contributed by atoms with Gasteiger partial charge in [-0.25, -0.2) is 9.97 Å². The Morgan fingerprint density at radius 3 is 2.73 bits per heavy atom. The second-order valence-corrected chi connectivity index (χ2v) is 6.53. The molecule has 1 amide bonds. The van der Waals surface area contributed by atoms with E-state index in [4.69, 9.17) is 0 Å². The molecule has 30 heavy (non-hydrogen) atoms. The molecule has 9 heteroatoms. The number of rotatable bonds is 7. The van der Waals surface area contributed by atoms with Gasteiger partial charge in [-0.2, -0.15) is 0 Å². The number of aromatic nitrogens is 6. The van der Waals surface area contributed by atoms with Gasteiger partial charge in [-0.15, -0.1) is 10.2 Å². The van der Waals surface area contributed by atoms with Crippen LogP contribution < -0.4 is 10.6 Å². The molecule has 9 nitrogen and oxygen atoms in total. The summed E-state index contributed by atoms with van der Waals surface area (Å²) in [6.45, 7) is 0.829. The van der Waals surface area contributed by atoms with Crippen molar-refractivity contribution in [2.45, 2.75) is 13.1 Å². The second-order valence-electron chi connectivity index (χ2n) is 6.53. The average Bonchev–Trinajstić information content (AvgIpc) is 3.17. The van der Waals surface area contributed by atoms with E-state index in [0.29, 0.717) is 30.2 Å². The van der Waals surface area contributed by atoms with Gasteiger partial charge >= 0.3 is 0 Å². The Morgan fingerprint density at radius 2 is 1.93 bits per heavy atom. The Balaban J connectivity index is 1.39. The van der Waals surface area contributed by atoms with Crippen molar-refractivity contribution in [1.29, 1.82) is 0 Å². The van der Waals surface area contributed by atoms with Crippen molar-refractivity contribution in [1.82, 2.24) is 35.0 Å². The van der Waals surface area contributed by atoms with Crippen molar-refractivity contribution < 1.29 is 4.79 Å². The molecule has 0 saturated heterocycles. The van der Waals surface area contributed by atoms with Crippen LogP contribution in [0.1, 0.15) is 21.9 Å². The van der Waals surface area contributed by atoms with Gasteiger partial charge in [0, 0.05) is 30.7 Å². The highest BCUT2D eigenvalue weighted by molar-refractivity contribution is 5.95. The first-order chi connectivity index (χ1) is 14.7. The number of anilines is 1. The largest absolute Gasteiger partial charge is 0.378 e. The van der Waals surface area contributed by atoms with E-state index in [-0.39, 0.29) is 5.91 Å². The van der Waals surface area contributed by atoms with Crippen LogP contribution in [0.2, 0.25) is 0 Å². The van der Waals surface area contributed by atoms with Crippen LogP contribution in [-0.2, 0) is 20.1 Å². The minimum atomic E-state index is -0.158. The maximum atomic E-state index is 12.5. The van der Waals surface area contributed by atoms with Crippen molar-refractivity contribution in [3.63, 3.8) is 0 Å². The Morgan fingerprint density at radius 1 is 1.00 bits per heavy atom. The molecule has 4 aromatic rings. The number of hydrogen-bond donors (Lipinski definition) is 2. The van der Waals surface area contributed by atoms with Crippen LogP contribution >= 0.6 is 0 Å². The van der Waals surface area contributed by atoms with E-state index < -0.39 is 0 Å². The fraction of sp³-hybridized carbons (Fsp3) is 0.143. The molecule has 2 N–H and O–H groups in total. The highest BCUT2D eigenvalue weighted by Crippen LogP contribution is 2.15. The number of benzene rings is 1. The molecule has 0 aliphatic heterocycles. The quantitative estimate of drug-likeness (QED) is 0.489. The number of pyridine rings is 1. The van der Waals surface area contributed by atoms with E-state index in [0.717, 1.165) is 17.2 Å². The van der Waals surface area contributed by atoms with Crippen LogP contribution in [0.3, 0.4) is 0 Å². The van der Waals surface area contributed by atoms with Crippen LogP contribution in [-0.4, -0.2) is 35.6 Å². The fourth-order valence-corrected chi connectivity index (χ4v) is 2.89. The van der Waals surface area contributed by atoms with Gasteiger partial charge in [0.1, 0.15) is 12.0 Å². The Kier molecular flexibility index (Phi) is 5.70. The lowest BCUT2D eigenvalue weighted by Crippen LogP contribution is -2.23. The first-order valence-electron chi connectivity index (χ1n) is 9.37. The monoisotopic (exact) mass is 400 g/mol. The average molecular weight is 400 g/mol. The van der Waals surface area contributed by atoms with E-state index in [1.807, 2.05) is 41.9 Å². The third kappa shape index (κ3) is 4.46. The molecule has 0 spiro atoms. The zero-order chi connectivity index (χ0) is 20.8. The number of carbonyl (C=O) groups is 1. The van der Waals surface area contributed by atoms with Crippen molar-refractivity contribution in [2.24, 2.45) is 7.05 Å². The van der Waals surface area contributed by atoms with Crippen LogP contribution in [0.5, 0.6) is 0 Å². The van der Waals surface area contributed by atoms with Crippen molar-refractivity contribution in [3.8, 4) is 11.5 Å². The Labute approximate surface area is 173 Å². The summed E-state index contributed by atoms with van der Waals surface area (Å²) in [6.07, 6.45) is 4.85. The summed E-state index contributed by atoms with van der Waals surface area (Å²) in [5.41, 5.74) is 2.89. The molecule has 1 aromatic carbocycles. The fourth-order valence-electron chi connectivity index (χ4n) is 2.89. The van der Waals surface area contributed by atoms with Crippen LogP contribution in [0.25, 0.3) is 11.5 Å². The molecular weight excluding hydrogens is 380 g/mol. The number of carbonyl (C=O) groups excluding carboxylic acids is 1. The van der Waals surface area contributed by atoms with Gasteiger partial charge in [0.25, 0.3) is 5.91 Å². The highest BCUT2D eigenvalue weighted by Gasteiger charge is 2.12. The van der Waals surface area contributed by atoms with Gasteiger partial charge in [-0.05, 0) is 36.4 Å². The van der Waals surface area contributed by atoms with Gasteiger partial charge < -0.3 is 15.2 Å². The molecule has 0 unspecified atom stereocenters. The van der Waals surface area contributed by atoms with E-state index >= 15 is 0 Å². The minimum Gasteiger partial charge on any atom is -0.378 e. The molecule has 0 fully saturated rings. The smallest absolute Gasteiger partial charge is 0.251 e. The summed E-state index contributed by atoms with van der Waals surface area (Å²) in [5, 5.41) is 14.6. The van der Waals surface area contributed by atoms with Gasteiger partial charge in [0.15, 0.2) is 11.6 Å². The molecule has 0 atom stereocenters. The summed E-state index contributed by atoms with van der Waals surface area (Å²) >= 11 is 0. The first kappa shape index (κ1) is 19.2. The molecule has 0 aliphatic carbocycles. The van der Waals surface area contributed by atoms with Gasteiger partial charge in [0.05, 0.1) is 18.8 Å². The topological polar surface area (TPSA) is 111 Å². The molecule has 0 radical (unpaired) electrons. The van der Waals surface area contributed by atoms with Gasteiger partial charge in [0.2, 0.25) is 0 Å². The zero-order valence-corrected chi connectivity index (χ0v) is 16.4. The first-order valence-corrected chi connectivity index (χ1v) is 9.37. The molecule has 150 valence electrons. The zero-order valence-electron chi connectivity index (χ0n) is 16.4. The molecule has 0 saturated carbocycles. The maximum Gasteiger partial charge on any atom is 0.251 e. The third-order valence-electron chi connectivity index (χ3n) is 4.51. The molecule has 4 rings (SSSR count). The summed E-state index contributed by atoms with van der Waals surface area (Å²) in [7, 11) is 1.88. The van der Waals surface area contributed by atoms with E-state index in [9.17, 15) is 4.79 Å². The summed E-state index contributed by atoms with van der Waals surface area (Å²) < 4.78 is 1.87. The van der Waals surface area contributed by atoms with Crippen LogP contribution in [0.4, 0.5) is 5.69 Å². The molecule has 0 bridgehead atoms. The lowest BCUT2D eigenvalue weighted by molar-refractivity contribution is 0.0950. The predicted molar refractivity (Wildman–Crippen MR) is 111 cm³/mol. The predicted octanol–water partition coefficient (Wildman–Crippen LogP) is 2.21. The Hall–Kier alpha value is -4.14. The summed E-state index contributed by atoms with van der Waals surface area (Å²) in [5.74, 6) is 1.25. The van der Waals surface area contributed by atoms with E-state index in [1.54, 1.807) is 30.6 Å². The number of amides is 1. The SMILES string of the molecule is Cn1c(CNc2cccc(C(=O)NCc3ccccn3)c2)nnc1-c1ccncn1. The molecule has 0 aliphatic rings. The summed E-state index contributed by atoms with van der Waals surface area (Å²) in [4.78, 5) is 24.8. The van der Waals surface area contributed by atoms with Crippen molar-refractivity contribution >= 4 is 11.6 Å². The van der Waals surface area contributed by atoms with Gasteiger partial charge in [-0.3, -0.25) is 9.78 Å². The normalized spacial score (nSPS) is 10.6. The van der Waals surface area contributed by atoms with E-state index in [2.05, 4.69) is 35.8 Å². The van der Waals surface area contributed by atoms with Gasteiger partial charge in [-0.1, -0.05) is 12.1 Å².